The number of aliphatic imine (C=N–C) groups is 1. The molecular weight excluding hydrogens is 552 g/mol. The van der Waals surface area contributed by atoms with Gasteiger partial charge in [0.2, 0.25) is 0 Å². The molecule has 1 heterocycles. The lowest BCUT2D eigenvalue weighted by atomic mass is 10.1. The second kappa shape index (κ2) is 15.0. The highest BCUT2D eigenvalue weighted by atomic mass is 32.2. The largest absolute Gasteiger partial charge is 0.443 e. The van der Waals surface area contributed by atoms with Gasteiger partial charge in [0.1, 0.15) is 28.1 Å². The van der Waals surface area contributed by atoms with Crippen LogP contribution in [0.5, 0.6) is 0 Å². The quantitative estimate of drug-likeness (QED) is 0.282. The van der Waals surface area contributed by atoms with Crippen LogP contribution in [0.15, 0.2) is 23.2 Å². The number of alkyl halides is 1. The monoisotopic (exact) mass is 593 g/mol. The van der Waals surface area contributed by atoms with Crippen molar-refractivity contribution >= 4 is 33.5 Å². The topological polar surface area (TPSA) is 145 Å². The lowest BCUT2D eigenvalue weighted by Crippen LogP contribution is -2.54. The summed E-state index contributed by atoms with van der Waals surface area (Å²) >= 11 is 0. The number of imide groups is 1. The highest BCUT2D eigenvalue weighted by molar-refractivity contribution is 7.92. The summed E-state index contributed by atoms with van der Waals surface area (Å²) < 4.78 is 61.6. The number of nitrogens with zero attached hydrogens (tertiary/aromatic N) is 3. The molecule has 0 aromatic heterocycles. The standard InChI is InChI=1S/C23H32FN3O8S.C2H6.CH3F/c1-8-9-18-19(26(20(28)34-22(2,3)4)21(29)35-23(5,6)7)25-17(13-36(18,32)33)15-12-14(27(30)31)10-11-16(15)24;2*1-2/h10-12,17-18H,8-9,13H2,1-7H3;1-2H3;1H3. The number of amides is 2. The fourth-order valence-electron chi connectivity index (χ4n) is 3.49. The van der Waals surface area contributed by atoms with Crippen LogP contribution in [0.2, 0.25) is 0 Å². The Bertz CT molecular complexity index is 1150. The van der Waals surface area contributed by atoms with Gasteiger partial charge in [0.25, 0.3) is 5.69 Å². The Kier molecular flexibility index (Phi) is 13.8. The molecule has 0 spiro atoms. The predicted octanol–water partition coefficient (Wildman–Crippen LogP) is 6.55. The lowest BCUT2D eigenvalue weighted by Gasteiger charge is -2.34. The van der Waals surface area contributed by atoms with E-state index in [0.717, 1.165) is 18.2 Å². The van der Waals surface area contributed by atoms with Gasteiger partial charge in [-0.1, -0.05) is 27.2 Å². The number of hydrogen-bond acceptors (Lipinski definition) is 9. The molecule has 1 aliphatic heterocycles. The van der Waals surface area contributed by atoms with Gasteiger partial charge in [-0.15, -0.1) is 0 Å². The van der Waals surface area contributed by atoms with Crippen LogP contribution in [0.4, 0.5) is 24.1 Å². The van der Waals surface area contributed by atoms with Crippen molar-refractivity contribution < 1.29 is 41.2 Å². The fourth-order valence-corrected chi connectivity index (χ4v) is 5.49. The summed E-state index contributed by atoms with van der Waals surface area (Å²) in [7, 11) is -3.61. The maximum atomic E-state index is 14.7. The van der Waals surface area contributed by atoms with Gasteiger partial charge in [0.05, 0.1) is 23.9 Å². The van der Waals surface area contributed by atoms with Crippen molar-refractivity contribution in [2.24, 2.45) is 4.99 Å². The van der Waals surface area contributed by atoms with E-state index in [-0.39, 0.29) is 12.0 Å². The summed E-state index contributed by atoms with van der Waals surface area (Å²) in [6.07, 6.45) is -2.07. The first-order chi connectivity index (χ1) is 18.4. The molecule has 2 rings (SSSR count). The van der Waals surface area contributed by atoms with Crippen LogP contribution >= 0.6 is 0 Å². The maximum absolute atomic E-state index is 14.7. The zero-order valence-corrected chi connectivity index (χ0v) is 25.6. The highest BCUT2D eigenvalue weighted by Gasteiger charge is 2.46. The Balaban J connectivity index is 0.00000363. The Morgan fingerprint density at radius 3 is 1.95 bits per heavy atom. The SMILES string of the molecule is CC.CCCC1C(N(C(=O)OC(C)(C)C)C(=O)OC(C)(C)C)=NC(c2cc([N+](=O)[O-])ccc2F)CS1(=O)=O.CF. The van der Waals surface area contributed by atoms with Gasteiger partial charge in [-0.25, -0.2) is 22.4 Å². The van der Waals surface area contributed by atoms with Gasteiger partial charge in [-0.2, -0.15) is 4.90 Å². The number of benzene rings is 1. The number of sulfone groups is 1. The van der Waals surface area contributed by atoms with Crippen LogP contribution in [0.3, 0.4) is 0 Å². The number of nitro benzene ring substituents is 1. The molecule has 0 saturated carbocycles. The molecular formula is C26H41F2N3O8S. The second-order valence-electron chi connectivity index (χ2n) is 10.4. The Hall–Kier alpha value is -3.16. The second-order valence-corrected chi connectivity index (χ2v) is 12.6. The summed E-state index contributed by atoms with van der Waals surface area (Å²) in [6, 6.07) is 1.22. The number of nitro groups is 1. The normalized spacial score (nSPS) is 18.1. The van der Waals surface area contributed by atoms with E-state index in [1.165, 1.54) is 0 Å². The zero-order chi connectivity index (χ0) is 31.6. The number of hydrogen-bond donors (Lipinski definition) is 0. The van der Waals surface area contributed by atoms with Gasteiger partial charge in [0, 0.05) is 17.7 Å². The van der Waals surface area contributed by atoms with E-state index in [0.29, 0.717) is 18.5 Å². The molecule has 228 valence electrons. The lowest BCUT2D eigenvalue weighted by molar-refractivity contribution is -0.385. The third kappa shape index (κ3) is 10.4. The number of rotatable bonds is 4. The third-order valence-electron chi connectivity index (χ3n) is 4.88. The molecule has 1 aliphatic rings. The number of carbonyl (C=O) groups excluding carboxylic acids is 2. The molecule has 0 aliphatic carbocycles. The van der Waals surface area contributed by atoms with E-state index in [1.54, 1.807) is 48.5 Å². The number of non-ortho nitro benzene ring substituents is 1. The molecule has 2 unspecified atom stereocenters. The fraction of sp³-hybridized carbons (Fsp3) is 0.654. The van der Waals surface area contributed by atoms with Crippen molar-refractivity contribution in [3.05, 3.63) is 39.7 Å². The van der Waals surface area contributed by atoms with Crippen molar-refractivity contribution in [1.82, 2.24) is 4.90 Å². The van der Waals surface area contributed by atoms with Crippen molar-refractivity contribution in [1.29, 1.82) is 0 Å². The van der Waals surface area contributed by atoms with Crippen LogP contribution in [0, 0.1) is 15.9 Å². The van der Waals surface area contributed by atoms with E-state index in [2.05, 4.69) is 4.99 Å². The Morgan fingerprint density at radius 1 is 1.07 bits per heavy atom. The molecule has 0 N–H and O–H groups in total. The van der Waals surface area contributed by atoms with Gasteiger partial charge < -0.3 is 9.47 Å². The molecule has 0 fully saturated rings. The molecule has 1 aromatic carbocycles. The molecule has 1 aromatic rings. The first-order valence-corrected chi connectivity index (χ1v) is 14.4. The van der Waals surface area contributed by atoms with Crippen molar-refractivity contribution in [2.75, 3.05) is 12.9 Å². The molecule has 0 radical (unpaired) electrons. The van der Waals surface area contributed by atoms with Crippen LogP contribution in [0.25, 0.3) is 0 Å². The van der Waals surface area contributed by atoms with Crippen LogP contribution in [0.1, 0.15) is 86.8 Å². The first-order valence-electron chi connectivity index (χ1n) is 12.7. The summed E-state index contributed by atoms with van der Waals surface area (Å²) in [5.41, 5.74) is -2.94. The Morgan fingerprint density at radius 2 is 1.55 bits per heavy atom. The van der Waals surface area contributed by atoms with Crippen LogP contribution in [-0.4, -0.2) is 65.6 Å². The molecule has 2 amide bonds. The number of halogens is 2. The van der Waals surface area contributed by atoms with E-state index in [9.17, 15) is 36.9 Å². The first kappa shape index (κ1) is 36.8. The van der Waals surface area contributed by atoms with E-state index in [4.69, 9.17) is 9.47 Å². The molecule has 2 atom stereocenters. The number of ether oxygens (including phenoxy) is 2. The molecule has 0 saturated heterocycles. The van der Waals surface area contributed by atoms with E-state index < -0.39 is 72.5 Å². The number of carbonyl (C=O) groups is 2. The highest BCUT2D eigenvalue weighted by Crippen LogP contribution is 2.34. The molecule has 11 nitrogen and oxygen atoms in total. The van der Waals surface area contributed by atoms with Crippen molar-refractivity contribution in [2.45, 2.75) is 97.6 Å². The third-order valence-corrected chi connectivity index (χ3v) is 6.98. The molecule has 14 heteroatoms. The van der Waals surface area contributed by atoms with Gasteiger partial charge in [0.15, 0.2) is 9.84 Å². The van der Waals surface area contributed by atoms with Gasteiger partial charge >= 0.3 is 12.2 Å². The number of amidine groups is 1. The summed E-state index contributed by atoms with van der Waals surface area (Å²) in [6.45, 7) is 15.1. The minimum absolute atomic E-state index is 0.00734. The molecule has 0 bridgehead atoms. The van der Waals surface area contributed by atoms with Crippen LogP contribution < -0.4 is 0 Å². The van der Waals surface area contributed by atoms with Crippen molar-refractivity contribution in [3.63, 3.8) is 0 Å². The van der Waals surface area contributed by atoms with Gasteiger partial charge in [-0.05, 0) is 54.0 Å². The average Bonchev–Trinajstić information content (AvgIpc) is 2.81. The van der Waals surface area contributed by atoms with Crippen LogP contribution in [-0.2, 0) is 19.3 Å². The zero-order valence-electron chi connectivity index (χ0n) is 24.8. The minimum atomic E-state index is -4.11. The smallest absolute Gasteiger partial charge is 0.425 e. The summed E-state index contributed by atoms with van der Waals surface area (Å²) in [5, 5.41) is 9.84. The van der Waals surface area contributed by atoms with Crippen molar-refractivity contribution in [3.8, 4) is 0 Å². The van der Waals surface area contributed by atoms with E-state index in [1.807, 2.05) is 13.8 Å². The predicted molar refractivity (Wildman–Crippen MR) is 148 cm³/mol. The maximum Gasteiger partial charge on any atom is 0.425 e. The Labute approximate surface area is 235 Å². The van der Waals surface area contributed by atoms with Gasteiger partial charge in [-0.3, -0.25) is 19.5 Å². The summed E-state index contributed by atoms with van der Waals surface area (Å²) in [5.74, 6) is -2.07. The summed E-state index contributed by atoms with van der Waals surface area (Å²) in [4.78, 5) is 41.5. The molecule has 40 heavy (non-hydrogen) atoms. The minimum Gasteiger partial charge on any atom is -0.443 e. The average molecular weight is 594 g/mol. The van der Waals surface area contributed by atoms with E-state index >= 15 is 0 Å².